The minimum absolute atomic E-state index is 0.408. The molecule has 0 N–H and O–H groups in total. The van der Waals surface area contributed by atoms with Crippen molar-refractivity contribution in [2.75, 3.05) is 44.2 Å². The second kappa shape index (κ2) is 6.97. The van der Waals surface area contributed by atoms with Gasteiger partial charge in [-0.3, -0.25) is 0 Å². The van der Waals surface area contributed by atoms with Gasteiger partial charge >= 0.3 is 0 Å². The van der Waals surface area contributed by atoms with Crippen LogP contribution in [-0.2, 0) is 10.2 Å². The molecule has 3 saturated heterocycles. The monoisotopic (exact) mass is 391 g/mol. The van der Waals surface area contributed by atoms with Gasteiger partial charge in [0.05, 0.1) is 0 Å². The molecule has 4 fully saturated rings. The molecular weight excluding hydrogens is 362 g/mol. The highest BCUT2D eigenvalue weighted by molar-refractivity contribution is 7.86. The number of aromatic nitrogens is 2. The van der Waals surface area contributed by atoms with Crippen molar-refractivity contribution in [3.8, 4) is 0 Å². The van der Waals surface area contributed by atoms with Crippen molar-refractivity contribution >= 4 is 16.0 Å². The third-order valence-corrected chi connectivity index (χ3v) is 8.63. The molecule has 1 aromatic rings. The molecule has 0 bridgehead atoms. The van der Waals surface area contributed by atoms with E-state index in [1.54, 1.807) is 14.9 Å². The van der Waals surface area contributed by atoms with Gasteiger partial charge in [0.15, 0.2) is 0 Å². The second-order valence-electron chi connectivity index (χ2n) is 8.64. The maximum Gasteiger partial charge on any atom is 0.281 e. The van der Waals surface area contributed by atoms with Crippen LogP contribution < -0.4 is 4.90 Å². The number of anilines is 1. The van der Waals surface area contributed by atoms with E-state index in [4.69, 9.17) is 0 Å². The minimum Gasteiger partial charge on any atom is -0.356 e. The highest BCUT2D eigenvalue weighted by atomic mass is 32.2. The van der Waals surface area contributed by atoms with Crippen molar-refractivity contribution in [1.82, 2.24) is 18.6 Å². The highest BCUT2D eigenvalue weighted by Gasteiger charge is 2.45. The van der Waals surface area contributed by atoms with Crippen LogP contribution in [0.2, 0.25) is 0 Å². The first-order valence-corrected chi connectivity index (χ1v) is 11.8. The standard InChI is InChI=1S/C19H29N5O2S/c25-27(26,23-7-3-1-2-4-8-23)24-12-16-10-22(11-17(16)13-24)19-9-18(15-5-6-15)20-14-21-19/h9,14-17H,1-8,10-13H2. The van der Waals surface area contributed by atoms with E-state index in [-0.39, 0.29) is 0 Å². The van der Waals surface area contributed by atoms with Crippen LogP contribution in [-0.4, -0.2) is 66.3 Å². The van der Waals surface area contributed by atoms with E-state index in [0.29, 0.717) is 43.9 Å². The molecule has 1 aromatic heterocycles. The summed E-state index contributed by atoms with van der Waals surface area (Å²) in [5.41, 5.74) is 1.17. The zero-order valence-corrected chi connectivity index (χ0v) is 16.6. The average molecular weight is 392 g/mol. The molecule has 0 aromatic carbocycles. The van der Waals surface area contributed by atoms with E-state index in [0.717, 1.165) is 44.6 Å². The van der Waals surface area contributed by atoms with Crippen molar-refractivity contribution in [3.63, 3.8) is 0 Å². The lowest BCUT2D eigenvalue weighted by molar-refractivity contribution is 0.359. The predicted molar refractivity (Wildman–Crippen MR) is 104 cm³/mol. The van der Waals surface area contributed by atoms with Gasteiger partial charge in [-0.2, -0.15) is 17.0 Å². The SMILES string of the molecule is O=S(=O)(N1CCCCCC1)N1CC2CN(c3cc(C4CC4)ncn3)CC2C1. The Morgan fingerprint density at radius 1 is 0.852 bits per heavy atom. The van der Waals surface area contributed by atoms with Gasteiger partial charge in [0, 0.05) is 56.9 Å². The van der Waals surface area contributed by atoms with Crippen molar-refractivity contribution in [1.29, 1.82) is 0 Å². The molecule has 27 heavy (non-hydrogen) atoms. The van der Waals surface area contributed by atoms with Crippen LogP contribution in [0, 0.1) is 11.8 Å². The van der Waals surface area contributed by atoms with Gasteiger partial charge in [-0.05, 0) is 37.5 Å². The summed E-state index contributed by atoms with van der Waals surface area (Å²) < 4.78 is 29.6. The van der Waals surface area contributed by atoms with E-state index >= 15 is 0 Å². The van der Waals surface area contributed by atoms with E-state index in [2.05, 4.69) is 20.9 Å². The Hall–Kier alpha value is -1.25. The van der Waals surface area contributed by atoms with Gasteiger partial charge < -0.3 is 4.90 Å². The van der Waals surface area contributed by atoms with Gasteiger partial charge in [-0.1, -0.05) is 12.8 Å². The summed E-state index contributed by atoms with van der Waals surface area (Å²) in [5.74, 6) is 2.46. The van der Waals surface area contributed by atoms with Gasteiger partial charge in [0.1, 0.15) is 12.1 Å². The third-order valence-electron chi connectivity index (χ3n) is 6.66. The number of fused-ring (bicyclic) bond motifs is 1. The van der Waals surface area contributed by atoms with Crippen LogP contribution in [0.4, 0.5) is 5.82 Å². The van der Waals surface area contributed by atoms with E-state index in [1.165, 1.54) is 18.5 Å². The highest BCUT2D eigenvalue weighted by Crippen LogP contribution is 2.40. The van der Waals surface area contributed by atoms with Crippen LogP contribution in [0.15, 0.2) is 12.4 Å². The fourth-order valence-corrected chi connectivity index (χ4v) is 6.70. The topological polar surface area (TPSA) is 69.6 Å². The van der Waals surface area contributed by atoms with E-state index in [1.807, 2.05) is 0 Å². The Bertz CT molecular complexity index is 775. The first-order chi connectivity index (χ1) is 13.1. The molecule has 1 saturated carbocycles. The summed E-state index contributed by atoms with van der Waals surface area (Å²) in [5, 5.41) is 0. The van der Waals surface area contributed by atoms with Crippen LogP contribution in [0.5, 0.6) is 0 Å². The Balaban J connectivity index is 1.24. The average Bonchev–Trinajstić information content (AvgIpc) is 3.39. The van der Waals surface area contributed by atoms with Gasteiger partial charge in [-0.15, -0.1) is 0 Å². The molecule has 0 amide bonds. The summed E-state index contributed by atoms with van der Waals surface area (Å²) in [7, 11) is -3.30. The lowest BCUT2D eigenvalue weighted by Crippen LogP contribution is -2.44. The largest absolute Gasteiger partial charge is 0.356 e. The van der Waals surface area contributed by atoms with Gasteiger partial charge in [-0.25, -0.2) is 9.97 Å². The second-order valence-corrected chi connectivity index (χ2v) is 10.6. The van der Waals surface area contributed by atoms with Gasteiger partial charge in [0.2, 0.25) is 0 Å². The molecule has 7 nitrogen and oxygen atoms in total. The van der Waals surface area contributed by atoms with E-state index < -0.39 is 10.2 Å². The maximum atomic E-state index is 13.1. The van der Waals surface area contributed by atoms with Crippen molar-refractivity contribution < 1.29 is 8.42 Å². The summed E-state index contributed by atoms with van der Waals surface area (Å²) in [6.45, 7) is 4.48. The van der Waals surface area contributed by atoms with E-state index in [9.17, 15) is 8.42 Å². The van der Waals surface area contributed by atoms with Crippen molar-refractivity contribution in [2.24, 2.45) is 11.8 Å². The zero-order valence-electron chi connectivity index (χ0n) is 15.8. The van der Waals surface area contributed by atoms with Crippen molar-refractivity contribution in [2.45, 2.75) is 44.4 Å². The molecule has 2 atom stereocenters. The summed E-state index contributed by atoms with van der Waals surface area (Å²) in [6, 6.07) is 2.14. The molecule has 5 rings (SSSR count). The van der Waals surface area contributed by atoms with Crippen LogP contribution in [0.3, 0.4) is 0 Å². The number of hydrogen-bond donors (Lipinski definition) is 0. The number of nitrogens with zero attached hydrogens (tertiary/aromatic N) is 5. The van der Waals surface area contributed by atoms with Crippen LogP contribution in [0.25, 0.3) is 0 Å². The third kappa shape index (κ3) is 3.47. The van der Waals surface area contributed by atoms with Crippen LogP contribution in [0.1, 0.15) is 50.1 Å². The Morgan fingerprint density at radius 3 is 2.15 bits per heavy atom. The molecule has 0 spiro atoms. The lowest BCUT2D eigenvalue weighted by atomic mass is 10.0. The lowest BCUT2D eigenvalue weighted by Gasteiger charge is -2.27. The normalized spacial score (nSPS) is 30.4. The molecule has 148 valence electrons. The first kappa shape index (κ1) is 17.8. The van der Waals surface area contributed by atoms with Crippen molar-refractivity contribution in [3.05, 3.63) is 18.1 Å². The molecular formula is C19H29N5O2S. The Morgan fingerprint density at radius 2 is 1.52 bits per heavy atom. The summed E-state index contributed by atoms with van der Waals surface area (Å²) in [4.78, 5) is 11.2. The molecule has 1 aliphatic carbocycles. The quantitative estimate of drug-likeness (QED) is 0.783. The fraction of sp³-hybridized carbons (Fsp3) is 0.789. The number of hydrogen-bond acceptors (Lipinski definition) is 5. The molecule has 0 radical (unpaired) electrons. The summed E-state index contributed by atoms with van der Waals surface area (Å²) in [6.07, 6.45) is 8.45. The molecule has 4 aliphatic rings. The smallest absolute Gasteiger partial charge is 0.281 e. The summed E-state index contributed by atoms with van der Waals surface area (Å²) >= 11 is 0. The molecule has 8 heteroatoms. The molecule has 2 unspecified atom stereocenters. The minimum atomic E-state index is -3.30. The fourth-order valence-electron chi connectivity index (χ4n) is 4.90. The molecule has 4 heterocycles. The van der Waals surface area contributed by atoms with Gasteiger partial charge in [0.25, 0.3) is 10.2 Å². The van der Waals surface area contributed by atoms with Crippen LogP contribution >= 0.6 is 0 Å². The molecule has 3 aliphatic heterocycles. The Labute approximate surface area is 161 Å². The first-order valence-electron chi connectivity index (χ1n) is 10.4. The number of rotatable bonds is 4. The maximum absolute atomic E-state index is 13.1. The Kier molecular flexibility index (Phi) is 4.60. The predicted octanol–water partition coefficient (Wildman–Crippen LogP) is 1.84. The zero-order chi connectivity index (χ0) is 18.4.